The monoisotopic (exact) mass is 299 g/mol. The van der Waals surface area contributed by atoms with Gasteiger partial charge in [-0.25, -0.2) is 4.98 Å². The van der Waals surface area contributed by atoms with Crippen LogP contribution in [0.5, 0.6) is 0 Å². The van der Waals surface area contributed by atoms with Crippen molar-refractivity contribution >= 4 is 11.3 Å². The second-order valence-corrected chi connectivity index (χ2v) is 5.50. The van der Waals surface area contributed by atoms with Crippen molar-refractivity contribution in [1.82, 2.24) is 9.38 Å². The lowest BCUT2D eigenvalue weighted by Crippen LogP contribution is -1.99. The van der Waals surface area contributed by atoms with Crippen molar-refractivity contribution in [2.24, 2.45) is 0 Å². The van der Waals surface area contributed by atoms with Gasteiger partial charge in [-0.15, -0.1) is 0 Å². The van der Waals surface area contributed by atoms with E-state index in [0.29, 0.717) is 6.54 Å². The van der Waals surface area contributed by atoms with Gasteiger partial charge in [-0.1, -0.05) is 48.5 Å². The first-order valence-electron chi connectivity index (χ1n) is 7.70. The number of nitrogens with one attached hydrogen (secondary N) is 1. The van der Waals surface area contributed by atoms with Crippen LogP contribution >= 0.6 is 0 Å². The minimum Gasteiger partial charge on any atom is -0.379 e. The van der Waals surface area contributed by atoms with E-state index in [1.54, 1.807) is 0 Å². The van der Waals surface area contributed by atoms with E-state index in [1.165, 1.54) is 11.1 Å². The van der Waals surface area contributed by atoms with Gasteiger partial charge in [-0.3, -0.25) is 0 Å². The van der Waals surface area contributed by atoms with Crippen LogP contribution < -0.4 is 5.32 Å². The van der Waals surface area contributed by atoms with Crippen LogP contribution in [0.25, 0.3) is 16.8 Å². The zero-order chi connectivity index (χ0) is 15.5. The molecule has 2 heterocycles. The molecule has 1 N–H and O–H groups in total. The number of imidazole rings is 1. The van der Waals surface area contributed by atoms with Crippen LogP contribution in [0.1, 0.15) is 5.69 Å². The topological polar surface area (TPSA) is 29.3 Å². The number of nitrogens with zero attached hydrogens (tertiary/aromatic N) is 2. The van der Waals surface area contributed by atoms with Crippen molar-refractivity contribution in [1.29, 1.82) is 0 Å². The average Bonchev–Trinajstić information content (AvgIpc) is 3.04. The van der Waals surface area contributed by atoms with Gasteiger partial charge < -0.3 is 9.72 Å². The van der Waals surface area contributed by atoms with Crippen molar-refractivity contribution in [2.45, 2.75) is 6.54 Å². The van der Waals surface area contributed by atoms with Gasteiger partial charge in [0.1, 0.15) is 5.65 Å². The zero-order valence-electron chi connectivity index (χ0n) is 12.7. The standard InChI is InChI=1S/C20H17N3/c1-2-6-16(7-3-1)17-9-11-18(12-10-17)21-14-19-15-23-13-5-4-8-20(23)22-19/h1-13,15,21H,14H2. The number of hydrogen-bond donors (Lipinski definition) is 1. The Morgan fingerprint density at radius 2 is 1.52 bits per heavy atom. The van der Waals surface area contributed by atoms with Crippen molar-refractivity contribution in [3.8, 4) is 11.1 Å². The maximum absolute atomic E-state index is 4.59. The van der Waals surface area contributed by atoms with Crippen LogP contribution in [0.4, 0.5) is 5.69 Å². The highest BCUT2D eigenvalue weighted by Gasteiger charge is 2.01. The van der Waals surface area contributed by atoms with Crippen LogP contribution in [-0.4, -0.2) is 9.38 Å². The summed E-state index contributed by atoms with van der Waals surface area (Å²) in [7, 11) is 0. The molecule has 112 valence electrons. The second kappa shape index (κ2) is 5.97. The average molecular weight is 299 g/mol. The zero-order valence-corrected chi connectivity index (χ0v) is 12.7. The normalized spacial score (nSPS) is 10.8. The molecule has 0 aliphatic rings. The van der Waals surface area contributed by atoms with Gasteiger partial charge in [0.05, 0.1) is 12.2 Å². The lowest BCUT2D eigenvalue weighted by Gasteiger charge is -2.06. The van der Waals surface area contributed by atoms with Gasteiger partial charge in [0, 0.05) is 18.1 Å². The Kier molecular flexibility index (Phi) is 3.53. The van der Waals surface area contributed by atoms with Gasteiger partial charge in [-0.05, 0) is 35.4 Å². The summed E-state index contributed by atoms with van der Waals surface area (Å²) in [6.45, 7) is 0.715. The summed E-state index contributed by atoms with van der Waals surface area (Å²) in [5.41, 5.74) is 5.57. The fraction of sp³-hybridized carbons (Fsp3) is 0.0500. The second-order valence-electron chi connectivity index (χ2n) is 5.50. The largest absolute Gasteiger partial charge is 0.379 e. The van der Waals surface area contributed by atoms with E-state index in [4.69, 9.17) is 0 Å². The molecule has 0 saturated heterocycles. The summed E-state index contributed by atoms with van der Waals surface area (Å²) >= 11 is 0. The first-order chi connectivity index (χ1) is 11.4. The maximum atomic E-state index is 4.59. The highest BCUT2D eigenvalue weighted by atomic mass is 15.0. The number of aromatic nitrogens is 2. The van der Waals surface area contributed by atoms with Crippen molar-refractivity contribution in [3.63, 3.8) is 0 Å². The highest BCUT2D eigenvalue weighted by Crippen LogP contribution is 2.21. The Balaban J connectivity index is 1.47. The molecule has 0 radical (unpaired) electrons. The first-order valence-corrected chi connectivity index (χ1v) is 7.70. The number of benzene rings is 2. The summed E-state index contributed by atoms with van der Waals surface area (Å²) in [4.78, 5) is 4.59. The lowest BCUT2D eigenvalue weighted by molar-refractivity contribution is 1.08. The third-order valence-electron chi connectivity index (χ3n) is 3.88. The Morgan fingerprint density at radius 3 is 2.30 bits per heavy atom. The predicted molar refractivity (Wildman–Crippen MR) is 94.4 cm³/mol. The molecule has 0 atom stereocenters. The maximum Gasteiger partial charge on any atom is 0.137 e. The van der Waals surface area contributed by atoms with Gasteiger partial charge in [-0.2, -0.15) is 0 Å². The number of fused-ring (bicyclic) bond motifs is 1. The van der Waals surface area contributed by atoms with E-state index in [-0.39, 0.29) is 0 Å². The van der Waals surface area contributed by atoms with Crippen molar-refractivity contribution in [2.75, 3.05) is 5.32 Å². The highest BCUT2D eigenvalue weighted by molar-refractivity contribution is 5.65. The van der Waals surface area contributed by atoms with E-state index in [2.05, 4.69) is 65.0 Å². The molecule has 0 saturated carbocycles. The third kappa shape index (κ3) is 2.94. The minimum absolute atomic E-state index is 0.715. The summed E-state index contributed by atoms with van der Waals surface area (Å²) < 4.78 is 2.04. The smallest absolute Gasteiger partial charge is 0.137 e. The van der Waals surface area contributed by atoms with E-state index < -0.39 is 0 Å². The molecule has 4 aromatic rings. The molecule has 0 aliphatic carbocycles. The Hall–Kier alpha value is -3.07. The summed E-state index contributed by atoms with van der Waals surface area (Å²) in [5.74, 6) is 0. The molecule has 23 heavy (non-hydrogen) atoms. The van der Waals surface area contributed by atoms with Gasteiger partial charge in [0.25, 0.3) is 0 Å². The Bertz CT molecular complexity index is 875. The molecule has 2 aromatic carbocycles. The predicted octanol–water partition coefficient (Wildman–Crippen LogP) is 4.61. The quantitative estimate of drug-likeness (QED) is 0.596. The van der Waals surface area contributed by atoms with E-state index in [0.717, 1.165) is 17.0 Å². The molecule has 3 nitrogen and oxygen atoms in total. The molecular formula is C20H17N3. The van der Waals surface area contributed by atoms with Gasteiger partial charge in [0.2, 0.25) is 0 Å². The van der Waals surface area contributed by atoms with Crippen molar-refractivity contribution < 1.29 is 0 Å². The van der Waals surface area contributed by atoms with Gasteiger partial charge in [0.15, 0.2) is 0 Å². The van der Waals surface area contributed by atoms with Crippen LogP contribution in [0, 0.1) is 0 Å². The lowest BCUT2D eigenvalue weighted by atomic mass is 10.1. The fourth-order valence-electron chi connectivity index (χ4n) is 2.68. The van der Waals surface area contributed by atoms with E-state index in [9.17, 15) is 0 Å². The van der Waals surface area contributed by atoms with Crippen LogP contribution in [0.15, 0.2) is 85.2 Å². The van der Waals surface area contributed by atoms with Crippen LogP contribution in [-0.2, 0) is 6.54 Å². The first kappa shape index (κ1) is 13.6. The van der Waals surface area contributed by atoms with E-state index in [1.807, 2.05) is 34.9 Å². The number of pyridine rings is 1. The number of anilines is 1. The molecule has 0 spiro atoms. The molecule has 4 rings (SSSR count). The Morgan fingerprint density at radius 1 is 0.783 bits per heavy atom. The molecule has 0 unspecified atom stereocenters. The van der Waals surface area contributed by atoms with Gasteiger partial charge >= 0.3 is 0 Å². The molecule has 2 aromatic heterocycles. The molecular weight excluding hydrogens is 282 g/mol. The minimum atomic E-state index is 0.715. The van der Waals surface area contributed by atoms with Crippen molar-refractivity contribution in [3.05, 3.63) is 90.9 Å². The SMILES string of the molecule is c1ccc(-c2ccc(NCc3cn4ccccc4n3)cc2)cc1. The van der Waals surface area contributed by atoms with E-state index >= 15 is 0 Å². The third-order valence-corrected chi connectivity index (χ3v) is 3.88. The number of hydrogen-bond acceptors (Lipinski definition) is 2. The molecule has 0 amide bonds. The fourth-order valence-corrected chi connectivity index (χ4v) is 2.68. The molecule has 0 aliphatic heterocycles. The molecule has 0 bridgehead atoms. The summed E-state index contributed by atoms with van der Waals surface area (Å²) in [6.07, 6.45) is 4.07. The van der Waals surface area contributed by atoms with Crippen LogP contribution in [0.2, 0.25) is 0 Å². The number of rotatable bonds is 4. The summed E-state index contributed by atoms with van der Waals surface area (Å²) in [6, 6.07) is 24.9. The summed E-state index contributed by atoms with van der Waals surface area (Å²) in [5, 5.41) is 3.42. The van der Waals surface area contributed by atoms with Crippen LogP contribution in [0.3, 0.4) is 0 Å². The Labute approximate surface area is 135 Å². The molecule has 0 fully saturated rings. The molecule has 3 heteroatoms.